The van der Waals surface area contributed by atoms with Gasteiger partial charge in [0.1, 0.15) is 0 Å². The van der Waals surface area contributed by atoms with Crippen LogP contribution in [-0.2, 0) is 11.2 Å². The van der Waals surface area contributed by atoms with Gasteiger partial charge in [-0.25, -0.2) is 9.97 Å². The molecule has 1 aliphatic heterocycles. The van der Waals surface area contributed by atoms with Gasteiger partial charge in [0.15, 0.2) is 0 Å². The number of piperidine rings is 1. The predicted octanol–water partition coefficient (Wildman–Crippen LogP) is 5.24. The van der Waals surface area contributed by atoms with Crippen LogP contribution in [0.1, 0.15) is 35.2 Å². The van der Waals surface area contributed by atoms with Crippen LogP contribution in [0.5, 0.6) is 0 Å². The van der Waals surface area contributed by atoms with Crippen LogP contribution in [0.2, 0.25) is 0 Å². The Kier molecular flexibility index (Phi) is 4.82. The van der Waals surface area contributed by atoms with E-state index in [0.29, 0.717) is 12.3 Å². The Balaban J connectivity index is 1.24. The highest BCUT2D eigenvalue weighted by atomic mass is 32.1. The van der Waals surface area contributed by atoms with Gasteiger partial charge in [-0.2, -0.15) is 0 Å². The van der Waals surface area contributed by atoms with Crippen molar-refractivity contribution >= 4 is 49.0 Å². The third kappa shape index (κ3) is 3.54. The number of benzene rings is 2. The van der Waals surface area contributed by atoms with Gasteiger partial charge in [0.2, 0.25) is 5.91 Å². The summed E-state index contributed by atoms with van der Waals surface area (Å²) in [6, 6.07) is 16.4. The average molecular weight is 408 g/mol. The van der Waals surface area contributed by atoms with Gasteiger partial charge in [-0.15, -0.1) is 22.7 Å². The maximum atomic E-state index is 12.8. The molecule has 1 atom stereocenters. The molecule has 1 fully saturated rings. The van der Waals surface area contributed by atoms with Gasteiger partial charge >= 0.3 is 0 Å². The fourth-order valence-corrected chi connectivity index (χ4v) is 5.93. The largest absolute Gasteiger partial charge is 0.342 e. The SMILES string of the molecule is O=C(CCc1nc2ccccc2s1)N1CCC[C@H](c2nc3ccccc3s2)C1. The summed E-state index contributed by atoms with van der Waals surface area (Å²) in [7, 11) is 0. The molecule has 4 nitrogen and oxygen atoms in total. The zero-order chi connectivity index (χ0) is 18.9. The van der Waals surface area contributed by atoms with Crippen molar-refractivity contribution in [3.63, 3.8) is 0 Å². The Labute approximate surface area is 171 Å². The molecule has 0 unspecified atom stereocenters. The van der Waals surface area contributed by atoms with E-state index in [1.807, 2.05) is 29.2 Å². The lowest BCUT2D eigenvalue weighted by Crippen LogP contribution is -2.39. The van der Waals surface area contributed by atoms with Crippen LogP contribution in [-0.4, -0.2) is 33.9 Å². The number of amides is 1. The minimum absolute atomic E-state index is 0.241. The van der Waals surface area contributed by atoms with E-state index in [9.17, 15) is 4.79 Å². The number of carbonyl (C=O) groups is 1. The lowest BCUT2D eigenvalue weighted by atomic mass is 9.98. The first-order chi connectivity index (χ1) is 13.8. The van der Waals surface area contributed by atoms with Gasteiger partial charge < -0.3 is 4.90 Å². The van der Waals surface area contributed by atoms with Crippen LogP contribution in [0.25, 0.3) is 20.4 Å². The average Bonchev–Trinajstić information content (AvgIpc) is 3.35. The molecule has 0 aliphatic carbocycles. The van der Waals surface area contributed by atoms with Crippen molar-refractivity contribution in [1.82, 2.24) is 14.9 Å². The van der Waals surface area contributed by atoms with Crippen molar-refractivity contribution in [2.45, 2.75) is 31.6 Å². The van der Waals surface area contributed by atoms with E-state index in [1.165, 1.54) is 14.4 Å². The van der Waals surface area contributed by atoms with Crippen LogP contribution >= 0.6 is 22.7 Å². The van der Waals surface area contributed by atoms with Crippen LogP contribution in [0.15, 0.2) is 48.5 Å². The maximum absolute atomic E-state index is 12.8. The first-order valence-corrected chi connectivity index (χ1v) is 11.4. The molecular formula is C22H21N3OS2. The van der Waals surface area contributed by atoms with E-state index in [2.05, 4.69) is 29.2 Å². The van der Waals surface area contributed by atoms with E-state index < -0.39 is 0 Å². The topological polar surface area (TPSA) is 46.1 Å². The Bertz CT molecular complexity index is 1070. The Morgan fingerprint density at radius 2 is 1.71 bits per heavy atom. The minimum Gasteiger partial charge on any atom is -0.342 e. The predicted molar refractivity (Wildman–Crippen MR) is 116 cm³/mol. The number of aryl methyl sites for hydroxylation is 1. The van der Waals surface area contributed by atoms with Gasteiger partial charge in [-0.3, -0.25) is 4.79 Å². The second kappa shape index (κ2) is 7.60. The van der Waals surface area contributed by atoms with Gasteiger partial charge in [-0.1, -0.05) is 24.3 Å². The van der Waals surface area contributed by atoms with Crippen molar-refractivity contribution in [1.29, 1.82) is 0 Å². The van der Waals surface area contributed by atoms with Gasteiger partial charge in [0.05, 0.1) is 30.4 Å². The molecule has 1 saturated heterocycles. The zero-order valence-corrected chi connectivity index (χ0v) is 17.1. The molecule has 0 spiro atoms. The molecule has 3 heterocycles. The number of hydrogen-bond acceptors (Lipinski definition) is 5. The highest BCUT2D eigenvalue weighted by molar-refractivity contribution is 7.18. The molecule has 28 heavy (non-hydrogen) atoms. The van der Waals surface area contributed by atoms with Crippen molar-refractivity contribution in [3.8, 4) is 0 Å². The molecule has 0 bridgehead atoms. The monoisotopic (exact) mass is 407 g/mol. The number of carbonyl (C=O) groups excluding carboxylic acids is 1. The number of aromatic nitrogens is 2. The summed E-state index contributed by atoms with van der Waals surface area (Å²) < 4.78 is 2.43. The second-order valence-corrected chi connectivity index (χ2v) is 9.45. The molecular weight excluding hydrogens is 386 g/mol. The van der Waals surface area contributed by atoms with Crippen molar-refractivity contribution in [2.24, 2.45) is 0 Å². The number of fused-ring (bicyclic) bond motifs is 2. The summed E-state index contributed by atoms with van der Waals surface area (Å²) in [5.74, 6) is 0.600. The molecule has 142 valence electrons. The lowest BCUT2D eigenvalue weighted by Gasteiger charge is -2.31. The first-order valence-electron chi connectivity index (χ1n) is 9.74. The Morgan fingerprint density at radius 3 is 2.46 bits per heavy atom. The van der Waals surface area contributed by atoms with E-state index in [4.69, 9.17) is 4.98 Å². The summed E-state index contributed by atoms with van der Waals surface area (Å²) in [4.78, 5) is 24.3. The smallest absolute Gasteiger partial charge is 0.223 e. The fraction of sp³-hybridized carbons (Fsp3) is 0.318. The molecule has 0 radical (unpaired) electrons. The summed E-state index contributed by atoms with van der Waals surface area (Å²) in [5.41, 5.74) is 2.10. The third-order valence-corrected chi connectivity index (χ3v) is 7.62. The van der Waals surface area contributed by atoms with E-state index >= 15 is 0 Å². The van der Waals surface area contributed by atoms with E-state index in [-0.39, 0.29) is 5.91 Å². The number of para-hydroxylation sites is 2. The van der Waals surface area contributed by atoms with Crippen molar-refractivity contribution in [3.05, 3.63) is 58.5 Å². The number of hydrogen-bond donors (Lipinski definition) is 0. The second-order valence-electron chi connectivity index (χ2n) is 7.27. The normalized spacial score (nSPS) is 17.4. The van der Waals surface area contributed by atoms with Crippen molar-refractivity contribution < 1.29 is 4.79 Å². The quantitative estimate of drug-likeness (QED) is 0.464. The fourth-order valence-electron chi connectivity index (χ4n) is 3.87. The van der Waals surface area contributed by atoms with Crippen LogP contribution in [0.4, 0.5) is 0 Å². The molecule has 1 amide bonds. The maximum Gasteiger partial charge on any atom is 0.223 e. The molecule has 6 heteroatoms. The van der Waals surface area contributed by atoms with Gasteiger partial charge in [-0.05, 0) is 37.1 Å². The number of nitrogens with zero attached hydrogens (tertiary/aromatic N) is 3. The summed E-state index contributed by atoms with van der Waals surface area (Å²) in [6.45, 7) is 1.65. The zero-order valence-electron chi connectivity index (χ0n) is 15.5. The van der Waals surface area contributed by atoms with Gasteiger partial charge in [0, 0.05) is 31.8 Å². The molecule has 2 aromatic carbocycles. The summed E-state index contributed by atoms with van der Waals surface area (Å²) in [5, 5.41) is 2.22. The number of rotatable bonds is 4. The molecule has 0 N–H and O–H groups in total. The lowest BCUT2D eigenvalue weighted by molar-refractivity contribution is -0.132. The van der Waals surface area contributed by atoms with E-state index in [0.717, 1.165) is 48.4 Å². The first kappa shape index (κ1) is 17.8. The molecule has 0 saturated carbocycles. The highest BCUT2D eigenvalue weighted by Gasteiger charge is 2.26. The number of likely N-dealkylation sites (tertiary alicyclic amines) is 1. The Morgan fingerprint density at radius 1 is 1.00 bits per heavy atom. The van der Waals surface area contributed by atoms with Gasteiger partial charge in [0.25, 0.3) is 0 Å². The third-order valence-electron chi connectivity index (χ3n) is 5.32. The van der Waals surface area contributed by atoms with Crippen LogP contribution in [0.3, 0.4) is 0 Å². The molecule has 2 aromatic heterocycles. The molecule has 1 aliphatic rings. The summed E-state index contributed by atoms with van der Waals surface area (Å²) >= 11 is 3.47. The highest BCUT2D eigenvalue weighted by Crippen LogP contribution is 2.33. The minimum atomic E-state index is 0.241. The van der Waals surface area contributed by atoms with Crippen LogP contribution in [0, 0.1) is 0 Å². The number of thiazole rings is 2. The summed E-state index contributed by atoms with van der Waals surface area (Å²) in [6.07, 6.45) is 3.42. The van der Waals surface area contributed by atoms with Crippen LogP contribution < -0.4 is 0 Å². The standard InChI is InChI=1S/C22H21N3OS2/c26-21(12-11-20-23-16-7-1-3-9-18(16)27-20)25-13-5-6-15(14-25)22-24-17-8-2-4-10-19(17)28-22/h1-4,7-10,15H,5-6,11-14H2/t15-/m0/s1. The molecule has 5 rings (SSSR count). The van der Waals surface area contributed by atoms with Crippen molar-refractivity contribution in [2.75, 3.05) is 13.1 Å². The van der Waals surface area contributed by atoms with E-state index in [1.54, 1.807) is 22.7 Å². The molecule has 4 aromatic rings. The Hall–Kier alpha value is -2.31.